The maximum Gasteiger partial charge on any atom is 0.257 e. The van der Waals surface area contributed by atoms with Crippen LogP contribution in [0.4, 0.5) is 0 Å². The van der Waals surface area contributed by atoms with Crippen molar-refractivity contribution >= 4 is 11.6 Å². The van der Waals surface area contributed by atoms with Gasteiger partial charge in [-0.05, 0) is 49.1 Å². The van der Waals surface area contributed by atoms with Crippen LogP contribution >= 0.6 is 0 Å². The zero-order valence-electron chi connectivity index (χ0n) is 16.8. The number of fused-ring (bicyclic) bond motifs is 1. The summed E-state index contributed by atoms with van der Waals surface area (Å²) in [5, 5.41) is 7.36. The van der Waals surface area contributed by atoms with Crippen LogP contribution < -0.4 is 5.32 Å². The van der Waals surface area contributed by atoms with Gasteiger partial charge in [-0.1, -0.05) is 30.3 Å². The summed E-state index contributed by atoms with van der Waals surface area (Å²) in [6, 6.07) is 12.1. The molecule has 0 fully saturated rings. The van der Waals surface area contributed by atoms with Crippen LogP contribution in [0.1, 0.15) is 44.0 Å². The molecule has 6 heteroatoms. The van der Waals surface area contributed by atoms with Gasteiger partial charge in [0.15, 0.2) is 5.65 Å². The largest absolute Gasteiger partial charge is 0.348 e. The van der Waals surface area contributed by atoms with Gasteiger partial charge in [0.25, 0.3) is 5.91 Å². The molecule has 0 aliphatic rings. The number of rotatable bonds is 5. The number of nitrogens with one attached hydrogen (secondary N) is 1. The third-order valence-corrected chi connectivity index (χ3v) is 5.26. The van der Waals surface area contributed by atoms with Crippen molar-refractivity contribution in [1.29, 1.82) is 0 Å². The summed E-state index contributed by atoms with van der Waals surface area (Å²) in [6.45, 7) is 6.54. The molecule has 4 rings (SSSR count). The van der Waals surface area contributed by atoms with Crippen molar-refractivity contribution in [2.45, 2.75) is 33.7 Å². The van der Waals surface area contributed by atoms with Crippen LogP contribution in [0, 0.1) is 20.8 Å². The molecule has 4 aromatic rings. The number of aromatic nitrogens is 4. The van der Waals surface area contributed by atoms with Crippen LogP contribution in [0.25, 0.3) is 5.65 Å². The molecule has 3 heterocycles. The Kier molecular flexibility index (Phi) is 5.08. The number of nitrogens with zero attached hydrogens (tertiary/aromatic N) is 4. The second-order valence-electron chi connectivity index (χ2n) is 7.20. The monoisotopic (exact) mass is 385 g/mol. The minimum Gasteiger partial charge on any atom is -0.348 e. The molecular formula is C23H23N5O. The third-order valence-electron chi connectivity index (χ3n) is 5.26. The van der Waals surface area contributed by atoms with Gasteiger partial charge in [0.1, 0.15) is 5.56 Å². The first-order chi connectivity index (χ1) is 14.0. The summed E-state index contributed by atoms with van der Waals surface area (Å²) in [7, 11) is 0. The lowest BCUT2D eigenvalue weighted by atomic mass is 9.99. The summed E-state index contributed by atoms with van der Waals surface area (Å²) in [5.74, 6) is -0.193. The summed E-state index contributed by atoms with van der Waals surface area (Å²) in [5.41, 5.74) is 7.57. The van der Waals surface area contributed by atoms with Crippen LogP contribution in [-0.4, -0.2) is 25.5 Å². The highest BCUT2D eigenvalue weighted by atomic mass is 16.1. The van der Waals surface area contributed by atoms with E-state index in [9.17, 15) is 4.79 Å². The van der Waals surface area contributed by atoms with Crippen molar-refractivity contribution in [3.8, 4) is 0 Å². The SMILES string of the molecule is Cc1ccccc1Cc1c(C)nc2c(C(=O)NCc3cccnc3)cnn2c1C. The first-order valence-electron chi connectivity index (χ1n) is 9.60. The molecule has 0 aliphatic heterocycles. The number of hydrogen-bond acceptors (Lipinski definition) is 4. The van der Waals surface area contributed by atoms with Gasteiger partial charge in [-0.15, -0.1) is 0 Å². The second-order valence-corrected chi connectivity index (χ2v) is 7.20. The van der Waals surface area contributed by atoms with Gasteiger partial charge in [0.2, 0.25) is 0 Å². The summed E-state index contributed by atoms with van der Waals surface area (Å²) < 4.78 is 1.76. The lowest BCUT2D eigenvalue weighted by molar-refractivity contribution is 0.0952. The van der Waals surface area contributed by atoms with Crippen LogP contribution in [0.2, 0.25) is 0 Å². The highest BCUT2D eigenvalue weighted by molar-refractivity contribution is 5.99. The molecular weight excluding hydrogens is 362 g/mol. The zero-order valence-corrected chi connectivity index (χ0v) is 16.8. The number of aryl methyl sites for hydroxylation is 3. The third kappa shape index (κ3) is 3.74. The molecule has 29 heavy (non-hydrogen) atoms. The zero-order chi connectivity index (χ0) is 20.4. The van der Waals surface area contributed by atoms with E-state index in [1.54, 1.807) is 23.1 Å². The fourth-order valence-corrected chi connectivity index (χ4v) is 3.51. The smallest absolute Gasteiger partial charge is 0.257 e. The van der Waals surface area contributed by atoms with E-state index in [0.717, 1.165) is 28.9 Å². The molecule has 0 unspecified atom stereocenters. The molecule has 1 amide bonds. The van der Waals surface area contributed by atoms with Gasteiger partial charge in [0.05, 0.1) is 6.20 Å². The molecule has 146 valence electrons. The Morgan fingerprint density at radius 2 is 1.90 bits per heavy atom. The Morgan fingerprint density at radius 1 is 1.07 bits per heavy atom. The van der Waals surface area contributed by atoms with Gasteiger partial charge in [0, 0.05) is 36.7 Å². The predicted molar refractivity (Wildman–Crippen MR) is 112 cm³/mol. The molecule has 0 radical (unpaired) electrons. The summed E-state index contributed by atoms with van der Waals surface area (Å²) in [4.78, 5) is 21.5. The highest BCUT2D eigenvalue weighted by Crippen LogP contribution is 2.21. The van der Waals surface area contributed by atoms with E-state index in [4.69, 9.17) is 4.98 Å². The van der Waals surface area contributed by atoms with Gasteiger partial charge in [-0.25, -0.2) is 9.50 Å². The molecule has 0 bridgehead atoms. The van der Waals surface area contributed by atoms with Crippen LogP contribution in [-0.2, 0) is 13.0 Å². The van der Waals surface area contributed by atoms with Gasteiger partial charge >= 0.3 is 0 Å². The molecule has 1 N–H and O–H groups in total. The molecule has 0 atom stereocenters. The topological polar surface area (TPSA) is 72.2 Å². The molecule has 0 spiro atoms. The molecule has 1 aromatic carbocycles. The minimum atomic E-state index is -0.193. The van der Waals surface area contributed by atoms with Gasteiger partial charge in [-0.2, -0.15) is 5.10 Å². The van der Waals surface area contributed by atoms with E-state index >= 15 is 0 Å². The van der Waals surface area contributed by atoms with Crippen molar-refractivity contribution in [2.75, 3.05) is 0 Å². The quantitative estimate of drug-likeness (QED) is 0.570. The van der Waals surface area contributed by atoms with E-state index < -0.39 is 0 Å². The van der Waals surface area contributed by atoms with E-state index in [-0.39, 0.29) is 5.91 Å². The molecule has 0 saturated heterocycles. The van der Waals surface area contributed by atoms with Crippen LogP contribution in [0.3, 0.4) is 0 Å². The van der Waals surface area contributed by atoms with Crippen molar-refractivity contribution in [3.63, 3.8) is 0 Å². The van der Waals surface area contributed by atoms with Crippen molar-refractivity contribution < 1.29 is 4.79 Å². The summed E-state index contributed by atoms with van der Waals surface area (Å²) >= 11 is 0. The maximum atomic E-state index is 12.7. The van der Waals surface area contributed by atoms with Crippen LogP contribution in [0.5, 0.6) is 0 Å². The Balaban J connectivity index is 1.63. The molecule has 0 aliphatic carbocycles. The number of hydrogen-bond donors (Lipinski definition) is 1. The predicted octanol–water partition coefficient (Wildman–Crippen LogP) is 3.57. The fraction of sp³-hybridized carbons (Fsp3) is 0.217. The fourth-order valence-electron chi connectivity index (χ4n) is 3.51. The standard InChI is InChI=1S/C23H23N5O/c1-15-7-4-5-9-19(15)11-20-16(2)27-22-21(14-26-28(22)17(20)3)23(29)25-13-18-8-6-10-24-12-18/h4-10,12,14H,11,13H2,1-3H3,(H,25,29). The first kappa shape index (κ1) is 18.8. The van der Waals surface area contributed by atoms with Crippen molar-refractivity contribution in [2.24, 2.45) is 0 Å². The molecule has 6 nitrogen and oxygen atoms in total. The Morgan fingerprint density at radius 3 is 2.66 bits per heavy atom. The second kappa shape index (κ2) is 7.83. The Hall–Kier alpha value is -3.54. The average molecular weight is 385 g/mol. The molecule has 3 aromatic heterocycles. The maximum absolute atomic E-state index is 12.7. The average Bonchev–Trinajstić information content (AvgIpc) is 3.15. The lowest BCUT2D eigenvalue weighted by Crippen LogP contribution is -2.23. The Bertz CT molecular complexity index is 1180. The summed E-state index contributed by atoms with van der Waals surface area (Å²) in [6.07, 6.45) is 5.82. The van der Waals surface area contributed by atoms with E-state index in [1.165, 1.54) is 11.1 Å². The number of amides is 1. The van der Waals surface area contributed by atoms with E-state index in [1.807, 2.05) is 32.0 Å². The number of carbonyl (C=O) groups excluding carboxylic acids is 1. The van der Waals surface area contributed by atoms with Gasteiger partial charge in [-0.3, -0.25) is 9.78 Å². The molecule has 0 saturated carbocycles. The first-order valence-corrected chi connectivity index (χ1v) is 9.60. The minimum absolute atomic E-state index is 0.193. The van der Waals surface area contributed by atoms with Crippen LogP contribution in [0.15, 0.2) is 55.0 Å². The van der Waals surface area contributed by atoms with E-state index in [2.05, 4.69) is 40.5 Å². The number of benzene rings is 1. The number of pyridine rings is 1. The normalized spacial score (nSPS) is 11.0. The Labute approximate surface area is 169 Å². The van der Waals surface area contributed by atoms with Crippen molar-refractivity contribution in [3.05, 3.63) is 94.2 Å². The van der Waals surface area contributed by atoms with Crippen molar-refractivity contribution in [1.82, 2.24) is 24.9 Å². The highest BCUT2D eigenvalue weighted by Gasteiger charge is 2.18. The van der Waals surface area contributed by atoms with Gasteiger partial charge < -0.3 is 5.32 Å². The lowest BCUT2D eigenvalue weighted by Gasteiger charge is -2.13. The van der Waals surface area contributed by atoms with E-state index in [0.29, 0.717) is 17.8 Å². The number of carbonyl (C=O) groups is 1.